The Kier molecular flexibility index (Phi) is 4.87. The highest BCUT2D eigenvalue weighted by atomic mass is 35.5. The normalized spacial score (nSPS) is 17.7. The molecule has 1 fully saturated rings. The van der Waals surface area contributed by atoms with Gasteiger partial charge in [0.2, 0.25) is 10.0 Å². The smallest absolute Gasteiger partial charge is 0.229 e. The van der Waals surface area contributed by atoms with E-state index in [9.17, 15) is 21.2 Å². The average Bonchev–Trinajstić information content (AvgIpc) is 3.09. The molecule has 0 aliphatic heterocycles. The van der Waals surface area contributed by atoms with E-state index in [-0.39, 0.29) is 16.8 Å². The predicted octanol–water partition coefficient (Wildman–Crippen LogP) is 2.07. The van der Waals surface area contributed by atoms with Crippen molar-refractivity contribution in [3.63, 3.8) is 0 Å². The van der Waals surface area contributed by atoms with E-state index in [1.165, 1.54) is 13.0 Å². The van der Waals surface area contributed by atoms with Gasteiger partial charge in [0.05, 0.1) is 5.75 Å². The van der Waals surface area contributed by atoms with Crippen molar-refractivity contribution in [1.29, 1.82) is 0 Å². The molecule has 1 aliphatic rings. The van der Waals surface area contributed by atoms with E-state index in [1.54, 1.807) is 0 Å². The first-order valence-corrected chi connectivity index (χ1v) is 10.6. The maximum absolute atomic E-state index is 14.0. The molecule has 0 amide bonds. The monoisotopic (exact) mass is 369 g/mol. The fourth-order valence-corrected chi connectivity index (χ4v) is 5.65. The SMILES string of the molecule is CC(CS(C)(=O)=O)N(C1CC1)S(=O)(=O)c1ccc(Cl)cc1F. The standard InChI is InChI=1S/C13H17ClFNO4S2/c1-9(8-21(2,17)18)16(11-4-5-11)22(19,20)13-6-3-10(14)7-12(13)15/h3,6-7,9,11H,4-5,8H2,1-2H3. The summed E-state index contributed by atoms with van der Waals surface area (Å²) in [6, 6.07) is 2.29. The zero-order valence-electron chi connectivity index (χ0n) is 12.2. The van der Waals surface area contributed by atoms with Gasteiger partial charge in [-0.2, -0.15) is 4.31 Å². The van der Waals surface area contributed by atoms with Gasteiger partial charge in [0, 0.05) is 23.4 Å². The van der Waals surface area contributed by atoms with E-state index in [0.29, 0.717) is 12.8 Å². The summed E-state index contributed by atoms with van der Waals surface area (Å²) in [5.41, 5.74) is 0. The van der Waals surface area contributed by atoms with Crippen molar-refractivity contribution < 1.29 is 21.2 Å². The molecule has 0 heterocycles. The number of benzene rings is 1. The Morgan fingerprint density at radius 2 is 1.91 bits per heavy atom. The molecule has 0 radical (unpaired) electrons. The van der Waals surface area contributed by atoms with Crippen molar-refractivity contribution in [1.82, 2.24) is 4.31 Å². The molecule has 1 aliphatic carbocycles. The lowest BCUT2D eigenvalue weighted by atomic mass is 10.3. The quantitative estimate of drug-likeness (QED) is 0.769. The highest BCUT2D eigenvalue weighted by molar-refractivity contribution is 7.91. The van der Waals surface area contributed by atoms with Crippen LogP contribution in [0.3, 0.4) is 0 Å². The van der Waals surface area contributed by atoms with E-state index >= 15 is 0 Å². The summed E-state index contributed by atoms with van der Waals surface area (Å²) in [6.07, 6.45) is 2.33. The van der Waals surface area contributed by atoms with Crippen LogP contribution in [-0.2, 0) is 19.9 Å². The fraction of sp³-hybridized carbons (Fsp3) is 0.538. The minimum absolute atomic E-state index is 0.0959. The van der Waals surface area contributed by atoms with Crippen LogP contribution in [-0.4, -0.2) is 45.2 Å². The van der Waals surface area contributed by atoms with Gasteiger partial charge in [-0.3, -0.25) is 0 Å². The summed E-state index contributed by atoms with van der Waals surface area (Å²) >= 11 is 5.64. The van der Waals surface area contributed by atoms with Crippen molar-refractivity contribution in [3.05, 3.63) is 29.0 Å². The minimum atomic E-state index is -4.12. The molecule has 1 aromatic rings. The third-order valence-corrected chi connectivity index (χ3v) is 6.76. The summed E-state index contributed by atoms with van der Waals surface area (Å²) in [5.74, 6) is -1.25. The van der Waals surface area contributed by atoms with Gasteiger partial charge in [0.1, 0.15) is 20.5 Å². The van der Waals surface area contributed by atoms with Gasteiger partial charge in [0.15, 0.2) is 0 Å². The number of rotatable bonds is 6. The molecule has 0 aromatic heterocycles. The van der Waals surface area contributed by atoms with Gasteiger partial charge in [-0.1, -0.05) is 11.6 Å². The largest absolute Gasteiger partial charge is 0.246 e. The second-order valence-corrected chi connectivity index (χ2v) is 10.0. The fourth-order valence-electron chi connectivity index (χ4n) is 2.43. The molecule has 1 atom stereocenters. The van der Waals surface area contributed by atoms with Crippen LogP contribution >= 0.6 is 11.6 Å². The summed E-state index contributed by atoms with van der Waals surface area (Å²) in [4.78, 5) is -0.482. The topological polar surface area (TPSA) is 71.5 Å². The van der Waals surface area contributed by atoms with Crippen LogP contribution in [0.1, 0.15) is 19.8 Å². The molecule has 22 heavy (non-hydrogen) atoms. The third-order valence-electron chi connectivity index (χ3n) is 3.33. The Morgan fingerprint density at radius 3 is 2.36 bits per heavy atom. The van der Waals surface area contributed by atoms with Crippen LogP contribution in [0.25, 0.3) is 0 Å². The molecule has 0 bridgehead atoms. The van der Waals surface area contributed by atoms with Crippen molar-refractivity contribution in [3.8, 4) is 0 Å². The first kappa shape index (κ1) is 17.7. The van der Waals surface area contributed by atoms with Crippen LogP contribution in [0.5, 0.6) is 0 Å². The van der Waals surface area contributed by atoms with E-state index < -0.39 is 36.6 Å². The highest BCUT2D eigenvalue weighted by Crippen LogP contribution is 2.35. The van der Waals surface area contributed by atoms with Gasteiger partial charge in [-0.15, -0.1) is 0 Å². The van der Waals surface area contributed by atoms with Crippen LogP contribution in [0, 0.1) is 5.82 Å². The number of hydrogen-bond acceptors (Lipinski definition) is 4. The predicted molar refractivity (Wildman–Crippen MR) is 82.6 cm³/mol. The summed E-state index contributed by atoms with van der Waals surface area (Å²) < 4.78 is 63.4. The van der Waals surface area contributed by atoms with Gasteiger partial charge < -0.3 is 0 Å². The Hall–Kier alpha value is -0.700. The Balaban J connectivity index is 2.43. The van der Waals surface area contributed by atoms with Crippen molar-refractivity contribution in [2.24, 2.45) is 0 Å². The zero-order chi connectivity index (χ0) is 16.7. The maximum atomic E-state index is 14.0. The van der Waals surface area contributed by atoms with Crippen molar-refractivity contribution in [2.75, 3.05) is 12.0 Å². The number of halogens is 2. The summed E-state index contributed by atoms with van der Waals surface area (Å²) in [5, 5.41) is 0.0959. The second kappa shape index (κ2) is 6.07. The molecule has 124 valence electrons. The Labute approximate surface area is 135 Å². The van der Waals surface area contributed by atoms with E-state index in [2.05, 4.69) is 0 Å². The highest BCUT2D eigenvalue weighted by Gasteiger charge is 2.42. The molecule has 5 nitrogen and oxygen atoms in total. The van der Waals surface area contributed by atoms with Gasteiger partial charge in [-0.25, -0.2) is 21.2 Å². The van der Waals surface area contributed by atoms with E-state index in [0.717, 1.165) is 22.7 Å². The van der Waals surface area contributed by atoms with E-state index in [1.807, 2.05) is 0 Å². The van der Waals surface area contributed by atoms with Crippen molar-refractivity contribution in [2.45, 2.75) is 36.7 Å². The van der Waals surface area contributed by atoms with Crippen LogP contribution < -0.4 is 0 Å². The van der Waals surface area contributed by atoms with Gasteiger partial charge in [-0.05, 0) is 38.0 Å². The molecule has 2 rings (SSSR count). The maximum Gasteiger partial charge on any atom is 0.246 e. The molecule has 1 unspecified atom stereocenters. The first-order chi connectivity index (χ1) is 10.0. The minimum Gasteiger partial charge on any atom is -0.229 e. The van der Waals surface area contributed by atoms with Crippen LogP contribution in [0.15, 0.2) is 23.1 Å². The lowest BCUT2D eigenvalue weighted by molar-refractivity contribution is 0.345. The zero-order valence-corrected chi connectivity index (χ0v) is 14.5. The lowest BCUT2D eigenvalue weighted by Gasteiger charge is -2.28. The van der Waals surface area contributed by atoms with Crippen LogP contribution in [0.2, 0.25) is 5.02 Å². The molecule has 9 heteroatoms. The summed E-state index contributed by atoms with van der Waals surface area (Å²) in [6.45, 7) is 1.52. The summed E-state index contributed by atoms with van der Waals surface area (Å²) in [7, 11) is -7.48. The Morgan fingerprint density at radius 1 is 1.32 bits per heavy atom. The number of sulfonamides is 1. The molecular formula is C13H17ClFNO4S2. The first-order valence-electron chi connectivity index (χ1n) is 6.68. The lowest BCUT2D eigenvalue weighted by Crippen LogP contribution is -2.43. The molecular weight excluding hydrogens is 353 g/mol. The van der Waals surface area contributed by atoms with Crippen LogP contribution in [0.4, 0.5) is 4.39 Å². The van der Waals surface area contributed by atoms with Crippen molar-refractivity contribution >= 4 is 31.5 Å². The van der Waals surface area contributed by atoms with Gasteiger partial charge >= 0.3 is 0 Å². The molecule has 1 aromatic carbocycles. The second-order valence-electron chi connectivity index (χ2n) is 5.58. The molecule has 0 saturated heterocycles. The number of nitrogens with zero attached hydrogens (tertiary/aromatic N) is 1. The Bertz CT molecular complexity index is 775. The molecule has 1 saturated carbocycles. The number of hydrogen-bond donors (Lipinski definition) is 0. The number of sulfone groups is 1. The van der Waals surface area contributed by atoms with E-state index in [4.69, 9.17) is 11.6 Å². The third kappa shape index (κ3) is 3.98. The molecule has 0 spiro atoms. The molecule has 0 N–H and O–H groups in total. The average molecular weight is 370 g/mol. The van der Waals surface area contributed by atoms with Gasteiger partial charge in [0.25, 0.3) is 0 Å².